The average Bonchev–Trinajstić information content (AvgIpc) is 3.36. The number of nitrogens with zero attached hydrogens (tertiary/aromatic N) is 3. The number of ether oxygens (including phenoxy) is 1. The molecule has 0 bridgehead atoms. The van der Waals surface area contributed by atoms with Gasteiger partial charge in [-0.15, -0.1) is 0 Å². The van der Waals surface area contributed by atoms with Gasteiger partial charge in [-0.3, -0.25) is 24.5 Å². The fraction of sp³-hybridized carbons (Fsp3) is 0.200. The van der Waals surface area contributed by atoms with Crippen LogP contribution in [0.2, 0.25) is 5.02 Å². The van der Waals surface area contributed by atoms with Crippen molar-refractivity contribution in [2.75, 3.05) is 16.6 Å². The Morgan fingerprint density at radius 2 is 1.71 bits per heavy atom. The van der Waals surface area contributed by atoms with Crippen LogP contribution in [0.3, 0.4) is 0 Å². The molecule has 2 saturated heterocycles. The number of non-ortho nitro benzene ring substituents is 1. The minimum atomic E-state index is -1.12. The first-order valence-corrected chi connectivity index (χ1v) is 11.3. The van der Waals surface area contributed by atoms with E-state index in [1.54, 1.807) is 48.5 Å². The fourth-order valence-corrected chi connectivity index (χ4v) is 4.74. The first-order valence-electron chi connectivity index (χ1n) is 11.0. The molecule has 0 spiro atoms. The van der Waals surface area contributed by atoms with Crippen LogP contribution >= 0.6 is 11.6 Å². The molecule has 0 aromatic heterocycles. The monoisotopic (exact) mass is 493 g/mol. The lowest BCUT2D eigenvalue weighted by Crippen LogP contribution is -2.37. The summed E-state index contributed by atoms with van der Waals surface area (Å²) < 4.78 is 5.44. The predicted molar refractivity (Wildman–Crippen MR) is 128 cm³/mol. The zero-order chi connectivity index (χ0) is 24.7. The van der Waals surface area contributed by atoms with E-state index in [-0.39, 0.29) is 10.7 Å². The second-order valence-corrected chi connectivity index (χ2v) is 8.47. The number of nitro benzene ring substituents is 1. The summed E-state index contributed by atoms with van der Waals surface area (Å²) in [4.78, 5) is 45.2. The second-order valence-electron chi connectivity index (χ2n) is 8.06. The first-order chi connectivity index (χ1) is 16.9. The standard InChI is InChI=1S/C25H20ClN3O6/c1-2-34-18-11-8-15(9-12-18)27-24(30)21-22(19-14-17(29(32)33)10-13-20(19)26)28(35-23(21)25(27)31)16-6-4-3-5-7-16/h3-14,21-23H,2H2,1H3/t21-,22-,23+/m1/s1. The number of imide groups is 1. The van der Waals surface area contributed by atoms with Gasteiger partial charge in [-0.1, -0.05) is 29.8 Å². The Balaban J connectivity index is 1.58. The quantitative estimate of drug-likeness (QED) is 0.278. The molecule has 2 fully saturated rings. The van der Waals surface area contributed by atoms with Crippen molar-refractivity contribution in [3.05, 3.63) is 93.5 Å². The van der Waals surface area contributed by atoms with Crippen LogP contribution in [0.15, 0.2) is 72.8 Å². The zero-order valence-electron chi connectivity index (χ0n) is 18.5. The average molecular weight is 494 g/mol. The molecule has 10 heteroatoms. The summed E-state index contributed by atoms with van der Waals surface area (Å²) in [6.45, 7) is 2.34. The third kappa shape index (κ3) is 3.88. The highest BCUT2D eigenvalue weighted by molar-refractivity contribution is 6.31. The van der Waals surface area contributed by atoms with Crippen molar-refractivity contribution < 1.29 is 24.1 Å². The van der Waals surface area contributed by atoms with Crippen LogP contribution in [0.25, 0.3) is 0 Å². The number of anilines is 2. The van der Waals surface area contributed by atoms with E-state index in [1.807, 2.05) is 13.0 Å². The maximum absolute atomic E-state index is 13.7. The van der Waals surface area contributed by atoms with Crippen LogP contribution in [0, 0.1) is 16.0 Å². The van der Waals surface area contributed by atoms with Gasteiger partial charge in [0.1, 0.15) is 11.7 Å². The Hall–Kier alpha value is -3.95. The third-order valence-electron chi connectivity index (χ3n) is 6.04. The van der Waals surface area contributed by atoms with Gasteiger partial charge in [-0.05, 0) is 49.4 Å². The summed E-state index contributed by atoms with van der Waals surface area (Å²) in [6.07, 6.45) is -1.12. The van der Waals surface area contributed by atoms with Crippen molar-refractivity contribution in [1.29, 1.82) is 0 Å². The largest absolute Gasteiger partial charge is 0.494 e. The van der Waals surface area contributed by atoms with E-state index in [0.717, 1.165) is 4.90 Å². The fourth-order valence-electron chi connectivity index (χ4n) is 4.51. The lowest BCUT2D eigenvalue weighted by Gasteiger charge is -2.29. The van der Waals surface area contributed by atoms with Gasteiger partial charge in [0, 0.05) is 22.7 Å². The molecule has 0 aliphatic carbocycles. The van der Waals surface area contributed by atoms with Crippen LogP contribution < -0.4 is 14.7 Å². The Morgan fingerprint density at radius 1 is 1.00 bits per heavy atom. The highest BCUT2D eigenvalue weighted by Gasteiger charge is 2.60. The number of carbonyl (C=O) groups is 2. The maximum atomic E-state index is 13.7. The summed E-state index contributed by atoms with van der Waals surface area (Å²) in [6, 6.07) is 18.7. The van der Waals surface area contributed by atoms with Gasteiger partial charge in [0.25, 0.3) is 11.6 Å². The van der Waals surface area contributed by atoms with E-state index in [1.165, 1.54) is 23.3 Å². The Labute approximate surface area is 205 Å². The van der Waals surface area contributed by atoms with Gasteiger partial charge in [0.05, 0.1) is 28.9 Å². The molecular weight excluding hydrogens is 474 g/mol. The van der Waals surface area contributed by atoms with Crippen LogP contribution in [-0.2, 0) is 14.4 Å². The van der Waals surface area contributed by atoms with Crippen molar-refractivity contribution in [1.82, 2.24) is 0 Å². The summed E-state index contributed by atoms with van der Waals surface area (Å²) >= 11 is 6.48. The SMILES string of the molecule is CCOc1ccc(N2C(=O)[C@H]3[C@H](ON(c4ccccc4)[C@@H]3c3cc([N+](=O)[O-])ccc3Cl)C2=O)cc1. The van der Waals surface area contributed by atoms with Crippen molar-refractivity contribution in [3.8, 4) is 5.75 Å². The van der Waals surface area contributed by atoms with E-state index in [9.17, 15) is 19.7 Å². The summed E-state index contributed by atoms with van der Waals surface area (Å²) in [5.74, 6) is -1.35. The van der Waals surface area contributed by atoms with Crippen LogP contribution in [0.5, 0.6) is 5.75 Å². The predicted octanol–water partition coefficient (Wildman–Crippen LogP) is 4.70. The molecule has 0 saturated carbocycles. The normalized spacial score (nSPS) is 21.4. The number of fused-ring (bicyclic) bond motifs is 1. The van der Waals surface area contributed by atoms with E-state index in [2.05, 4.69) is 0 Å². The van der Waals surface area contributed by atoms with E-state index in [4.69, 9.17) is 21.2 Å². The number of rotatable bonds is 6. The summed E-state index contributed by atoms with van der Waals surface area (Å²) in [5, 5.41) is 13.1. The first kappa shape index (κ1) is 22.8. The highest BCUT2D eigenvalue weighted by atomic mass is 35.5. The molecule has 3 atom stereocenters. The van der Waals surface area contributed by atoms with E-state index < -0.39 is 34.8 Å². The number of para-hydroxylation sites is 1. The molecule has 178 valence electrons. The highest BCUT2D eigenvalue weighted by Crippen LogP contribution is 2.49. The van der Waals surface area contributed by atoms with Gasteiger partial charge in [-0.2, -0.15) is 0 Å². The second kappa shape index (κ2) is 9.01. The minimum Gasteiger partial charge on any atom is -0.494 e. The summed E-state index contributed by atoms with van der Waals surface area (Å²) in [7, 11) is 0. The van der Waals surface area contributed by atoms with Gasteiger partial charge in [-0.25, -0.2) is 9.96 Å². The molecule has 5 rings (SSSR count). The zero-order valence-corrected chi connectivity index (χ0v) is 19.3. The third-order valence-corrected chi connectivity index (χ3v) is 6.39. The number of carbonyl (C=O) groups excluding carboxylic acids is 2. The maximum Gasteiger partial charge on any atom is 0.269 e. The minimum absolute atomic E-state index is 0.180. The van der Waals surface area contributed by atoms with Gasteiger partial charge >= 0.3 is 0 Å². The van der Waals surface area contributed by atoms with Gasteiger partial charge in [0.15, 0.2) is 6.10 Å². The topological polar surface area (TPSA) is 102 Å². The van der Waals surface area contributed by atoms with Gasteiger partial charge in [0.2, 0.25) is 5.91 Å². The van der Waals surface area contributed by atoms with Crippen molar-refractivity contribution >= 4 is 40.5 Å². The van der Waals surface area contributed by atoms with Crippen molar-refractivity contribution in [2.45, 2.75) is 19.1 Å². The molecule has 0 radical (unpaired) electrons. The number of hydrogen-bond acceptors (Lipinski definition) is 7. The molecule has 9 nitrogen and oxygen atoms in total. The molecular formula is C25H20ClN3O6. The van der Waals surface area contributed by atoms with E-state index in [0.29, 0.717) is 29.3 Å². The number of benzene rings is 3. The number of amides is 2. The van der Waals surface area contributed by atoms with Crippen molar-refractivity contribution in [2.24, 2.45) is 5.92 Å². The number of hydrogen-bond donors (Lipinski definition) is 0. The number of hydroxylamine groups is 1. The Bertz CT molecular complexity index is 1300. The molecule has 3 aromatic carbocycles. The molecule has 3 aromatic rings. The lowest BCUT2D eigenvalue weighted by atomic mass is 9.90. The molecule has 35 heavy (non-hydrogen) atoms. The molecule has 2 aliphatic rings. The number of nitro groups is 1. The smallest absolute Gasteiger partial charge is 0.269 e. The van der Waals surface area contributed by atoms with Crippen LogP contribution in [0.4, 0.5) is 17.1 Å². The Kier molecular flexibility index (Phi) is 5.88. The molecule has 0 N–H and O–H groups in total. The van der Waals surface area contributed by atoms with Crippen LogP contribution in [-0.4, -0.2) is 29.4 Å². The number of halogens is 1. The van der Waals surface area contributed by atoms with Gasteiger partial charge < -0.3 is 4.74 Å². The molecule has 2 amide bonds. The Morgan fingerprint density at radius 3 is 2.37 bits per heavy atom. The molecule has 2 aliphatic heterocycles. The van der Waals surface area contributed by atoms with E-state index >= 15 is 0 Å². The lowest BCUT2D eigenvalue weighted by molar-refractivity contribution is -0.384. The summed E-state index contributed by atoms with van der Waals surface area (Å²) in [5.41, 5.74) is 1.12. The van der Waals surface area contributed by atoms with Crippen LogP contribution in [0.1, 0.15) is 18.5 Å². The molecule has 2 heterocycles. The molecule has 0 unspecified atom stereocenters. The van der Waals surface area contributed by atoms with Crippen molar-refractivity contribution in [3.63, 3.8) is 0 Å².